The van der Waals surface area contributed by atoms with Gasteiger partial charge in [-0.1, -0.05) is 73.0 Å². The van der Waals surface area contributed by atoms with Gasteiger partial charge in [-0.15, -0.1) is 0 Å². The van der Waals surface area contributed by atoms with Crippen LogP contribution >= 0.6 is 0 Å². The lowest BCUT2D eigenvalue weighted by Gasteiger charge is -2.52. The fourth-order valence-electron chi connectivity index (χ4n) is 7.09. The minimum atomic E-state index is -1.20. The van der Waals surface area contributed by atoms with Gasteiger partial charge < -0.3 is 18.8 Å². The summed E-state index contributed by atoms with van der Waals surface area (Å²) in [7, 11) is 0. The number of quaternary nitrogens is 1. The molecule has 0 amide bonds. The molecule has 1 aliphatic carbocycles. The summed E-state index contributed by atoms with van der Waals surface area (Å²) in [5.41, 5.74) is -0.335. The Bertz CT molecular complexity index is 1120. The number of aromatic nitrogens is 2. The average Bonchev–Trinajstić information content (AvgIpc) is 3.42. The molecule has 2 atom stereocenters. The Morgan fingerprint density at radius 1 is 0.917 bits per heavy atom. The summed E-state index contributed by atoms with van der Waals surface area (Å²) in [5, 5.41) is 16.5. The predicted molar refractivity (Wildman–Crippen MR) is 137 cm³/mol. The molecule has 3 aromatic rings. The number of para-hydroxylation sites is 1. The van der Waals surface area contributed by atoms with Crippen LogP contribution < -0.4 is 4.74 Å². The number of ether oxygens (including phenoxy) is 1. The van der Waals surface area contributed by atoms with Crippen molar-refractivity contribution >= 4 is 0 Å². The van der Waals surface area contributed by atoms with Crippen LogP contribution in [0.2, 0.25) is 0 Å². The summed E-state index contributed by atoms with van der Waals surface area (Å²) >= 11 is 0. The van der Waals surface area contributed by atoms with Gasteiger partial charge in [0.15, 0.2) is 12.1 Å². The molecule has 3 saturated heterocycles. The Morgan fingerprint density at radius 2 is 1.61 bits per heavy atom. The van der Waals surface area contributed by atoms with Gasteiger partial charge in [-0.2, -0.15) is 4.98 Å². The quantitative estimate of drug-likeness (QED) is 0.435. The van der Waals surface area contributed by atoms with Gasteiger partial charge in [0.2, 0.25) is 5.82 Å². The Hall–Kier alpha value is -2.70. The van der Waals surface area contributed by atoms with E-state index >= 15 is 0 Å². The molecule has 7 rings (SSSR count). The number of benzene rings is 2. The van der Waals surface area contributed by atoms with E-state index in [4.69, 9.17) is 14.2 Å². The van der Waals surface area contributed by atoms with Gasteiger partial charge in [-0.05, 0) is 42.4 Å². The number of fused-ring (bicyclic) bond motifs is 3. The standard InChI is InChI=1S/C30H38N3O3/c34-30(25-10-4-1-5-11-25,26-12-6-2-7-13-26)29-31-28(36-32-29)21-33-18-16-23(17-19-33)24(20-33)22-35-27-14-8-3-9-15-27/h1,3-5,8-11,14-15,23-24,26,34H,2,6-7,12-13,16-22H2/q+1/t23?,24?,30-,33?/m1/s1. The van der Waals surface area contributed by atoms with Crippen molar-refractivity contribution in [3.05, 3.63) is 77.9 Å². The summed E-state index contributed by atoms with van der Waals surface area (Å²) in [4.78, 5) is 4.88. The minimum absolute atomic E-state index is 0.108. The molecule has 36 heavy (non-hydrogen) atoms. The monoisotopic (exact) mass is 488 g/mol. The van der Waals surface area contributed by atoms with E-state index in [1.54, 1.807) is 0 Å². The highest BCUT2D eigenvalue weighted by molar-refractivity contribution is 5.30. The zero-order valence-electron chi connectivity index (χ0n) is 21.1. The first-order chi connectivity index (χ1) is 17.6. The first-order valence-corrected chi connectivity index (χ1v) is 13.8. The number of hydrogen-bond acceptors (Lipinski definition) is 5. The fraction of sp³-hybridized carbons (Fsp3) is 0.533. The van der Waals surface area contributed by atoms with Crippen molar-refractivity contribution in [1.82, 2.24) is 10.1 Å². The predicted octanol–water partition coefficient (Wildman–Crippen LogP) is 5.32. The van der Waals surface area contributed by atoms with Crippen molar-refractivity contribution in [2.45, 2.75) is 57.1 Å². The van der Waals surface area contributed by atoms with E-state index in [1.807, 2.05) is 60.7 Å². The van der Waals surface area contributed by atoms with Crippen LogP contribution in [0.4, 0.5) is 0 Å². The van der Waals surface area contributed by atoms with Crippen LogP contribution in [-0.4, -0.2) is 46.0 Å². The molecule has 0 radical (unpaired) electrons. The Labute approximate surface area is 213 Å². The summed E-state index contributed by atoms with van der Waals surface area (Å²) in [6.45, 7) is 4.88. The third kappa shape index (κ3) is 4.57. The molecular weight excluding hydrogens is 450 g/mol. The van der Waals surface area contributed by atoms with Crippen molar-refractivity contribution in [2.24, 2.45) is 17.8 Å². The maximum Gasteiger partial charge on any atom is 0.282 e. The number of aliphatic hydroxyl groups is 1. The van der Waals surface area contributed by atoms with Crippen LogP contribution in [0.5, 0.6) is 5.75 Å². The second-order valence-electron chi connectivity index (χ2n) is 11.3. The van der Waals surface area contributed by atoms with Crippen LogP contribution in [0.3, 0.4) is 0 Å². The molecule has 4 heterocycles. The van der Waals surface area contributed by atoms with Gasteiger partial charge in [0.25, 0.3) is 5.89 Å². The smallest absolute Gasteiger partial charge is 0.282 e. The number of nitrogens with zero attached hydrogens (tertiary/aromatic N) is 3. The van der Waals surface area contributed by atoms with Gasteiger partial charge in [-0.25, -0.2) is 0 Å². The van der Waals surface area contributed by atoms with Crippen LogP contribution in [0.15, 0.2) is 65.2 Å². The van der Waals surface area contributed by atoms with E-state index in [9.17, 15) is 5.11 Å². The minimum Gasteiger partial charge on any atom is -0.493 e. The van der Waals surface area contributed by atoms with E-state index < -0.39 is 5.60 Å². The van der Waals surface area contributed by atoms with Crippen LogP contribution in [0, 0.1) is 17.8 Å². The van der Waals surface area contributed by atoms with Gasteiger partial charge in [0.1, 0.15) is 5.75 Å². The normalized spacial score (nSPS) is 28.0. The summed E-state index contributed by atoms with van der Waals surface area (Å²) in [6.07, 6.45) is 7.92. The van der Waals surface area contributed by atoms with Crippen LogP contribution in [0.1, 0.15) is 62.2 Å². The topological polar surface area (TPSA) is 68.4 Å². The highest BCUT2D eigenvalue weighted by atomic mass is 16.5. The molecule has 1 unspecified atom stereocenters. The Balaban J connectivity index is 1.20. The van der Waals surface area contributed by atoms with Gasteiger partial charge in [0, 0.05) is 18.8 Å². The summed E-state index contributed by atoms with van der Waals surface area (Å²) in [5.74, 6) is 3.42. The SMILES string of the molecule is O[C@@](c1ccccc1)(c1noc(C[N+]23CCC(CC2)C(COc2ccccc2)C3)n1)C1CCCCC1. The summed E-state index contributed by atoms with van der Waals surface area (Å²) in [6, 6.07) is 20.1. The molecule has 4 fully saturated rings. The van der Waals surface area contributed by atoms with E-state index in [0.717, 1.165) is 80.2 Å². The molecule has 2 aromatic carbocycles. The molecule has 2 bridgehead atoms. The van der Waals surface area contributed by atoms with Gasteiger partial charge >= 0.3 is 0 Å². The first-order valence-electron chi connectivity index (χ1n) is 13.8. The molecule has 1 aromatic heterocycles. The zero-order chi connectivity index (χ0) is 24.4. The molecule has 190 valence electrons. The highest BCUT2D eigenvalue weighted by Gasteiger charge is 2.48. The van der Waals surface area contributed by atoms with Gasteiger partial charge in [-0.3, -0.25) is 0 Å². The van der Waals surface area contributed by atoms with Crippen molar-refractivity contribution in [3.63, 3.8) is 0 Å². The van der Waals surface area contributed by atoms with Crippen molar-refractivity contribution < 1.29 is 18.8 Å². The maximum absolute atomic E-state index is 12.1. The molecule has 0 spiro atoms. The largest absolute Gasteiger partial charge is 0.493 e. The van der Waals surface area contributed by atoms with E-state index in [1.165, 1.54) is 19.3 Å². The zero-order valence-corrected chi connectivity index (χ0v) is 21.1. The lowest BCUT2D eigenvalue weighted by Crippen LogP contribution is -2.62. The lowest BCUT2D eigenvalue weighted by atomic mass is 9.73. The average molecular weight is 489 g/mol. The molecule has 1 N–H and O–H groups in total. The molecule has 6 heteroatoms. The third-order valence-electron chi connectivity index (χ3n) is 9.13. The number of piperidine rings is 3. The fourth-order valence-corrected chi connectivity index (χ4v) is 7.09. The van der Waals surface area contributed by atoms with Crippen LogP contribution in [0.25, 0.3) is 0 Å². The maximum atomic E-state index is 12.1. The first kappa shape index (κ1) is 23.7. The molecule has 6 nitrogen and oxygen atoms in total. The summed E-state index contributed by atoms with van der Waals surface area (Å²) < 4.78 is 13.0. The molecule has 4 aliphatic rings. The second kappa shape index (κ2) is 9.98. The van der Waals surface area contributed by atoms with Crippen LogP contribution in [-0.2, 0) is 12.1 Å². The van der Waals surface area contributed by atoms with Crippen molar-refractivity contribution in [1.29, 1.82) is 0 Å². The molecular formula is C30H38N3O3+. The van der Waals surface area contributed by atoms with Crippen molar-refractivity contribution in [3.8, 4) is 5.75 Å². The molecule has 3 aliphatic heterocycles. The van der Waals surface area contributed by atoms with E-state index in [-0.39, 0.29) is 5.92 Å². The number of rotatable bonds is 8. The lowest BCUT2D eigenvalue weighted by molar-refractivity contribution is -0.960. The highest BCUT2D eigenvalue weighted by Crippen LogP contribution is 2.43. The molecule has 1 saturated carbocycles. The Morgan fingerprint density at radius 3 is 2.33 bits per heavy atom. The van der Waals surface area contributed by atoms with Crippen molar-refractivity contribution in [2.75, 3.05) is 26.2 Å². The number of hydrogen-bond donors (Lipinski definition) is 1. The van der Waals surface area contributed by atoms with E-state index in [2.05, 4.69) is 5.16 Å². The van der Waals surface area contributed by atoms with Gasteiger partial charge in [0.05, 0.1) is 26.2 Å². The second-order valence-corrected chi connectivity index (χ2v) is 11.3. The van der Waals surface area contributed by atoms with E-state index in [0.29, 0.717) is 17.6 Å². The Kier molecular flexibility index (Phi) is 6.57. The third-order valence-corrected chi connectivity index (χ3v) is 9.13.